The fourth-order valence-electron chi connectivity index (χ4n) is 4.44. The van der Waals surface area contributed by atoms with Gasteiger partial charge >= 0.3 is 7.12 Å². The van der Waals surface area contributed by atoms with E-state index in [2.05, 4.69) is 34.6 Å². The van der Waals surface area contributed by atoms with E-state index in [-0.39, 0.29) is 12.7 Å². The number of hydrogen-bond acceptors (Lipinski definition) is 2. The summed E-state index contributed by atoms with van der Waals surface area (Å²) in [4.78, 5) is 0. The van der Waals surface area contributed by atoms with Gasteiger partial charge in [0.25, 0.3) is 0 Å². The van der Waals surface area contributed by atoms with Gasteiger partial charge in [-0.2, -0.15) is 0 Å². The van der Waals surface area contributed by atoms with Crippen LogP contribution in [0.3, 0.4) is 0 Å². The normalized spacial score (nSPS) is 46.9. The van der Waals surface area contributed by atoms with Crippen molar-refractivity contribution in [3.05, 3.63) is 0 Å². The molecule has 17 heavy (non-hydrogen) atoms. The van der Waals surface area contributed by atoms with E-state index in [0.29, 0.717) is 23.4 Å². The lowest BCUT2D eigenvalue weighted by molar-refractivity contribution is -0.199. The minimum atomic E-state index is -0.0161. The molecule has 0 spiro atoms. The van der Waals surface area contributed by atoms with Gasteiger partial charge in [0.2, 0.25) is 0 Å². The summed E-state index contributed by atoms with van der Waals surface area (Å²) in [6.07, 6.45) is 3.93. The third-order valence-corrected chi connectivity index (χ3v) is 5.67. The largest absolute Gasteiger partial charge is 0.457 e. The van der Waals surface area contributed by atoms with Crippen molar-refractivity contribution < 1.29 is 9.31 Å². The highest BCUT2D eigenvalue weighted by atomic mass is 16.7. The fourth-order valence-corrected chi connectivity index (χ4v) is 4.44. The van der Waals surface area contributed by atoms with Gasteiger partial charge in [-0.3, -0.25) is 0 Å². The van der Waals surface area contributed by atoms with Gasteiger partial charge in [0, 0.05) is 0 Å². The molecule has 4 rings (SSSR count). The maximum absolute atomic E-state index is 6.33. The van der Waals surface area contributed by atoms with Crippen molar-refractivity contribution >= 4 is 7.12 Å². The summed E-state index contributed by atoms with van der Waals surface area (Å²) in [5.41, 5.74) is 0.444. The summed E-state index contributed by atoms with van der Waals surface area (Å²) >= 11 is 0. The van der Waals surface area contributed by atoms with Crippen molar-refractivity contribution in [2.24, 2.45) is 23.2 Å². The Balaban J connectivity index is 1.78. The first-order valence-electron chi connectivity index (χ1n) is 7.17. The predicted octanol–water partition coefficient (Wildman–Crippen LogP) is 3.37. The quantitative estimate of drug-likeness (QED) is 0.684. The first-order valence-corrected chi connectivity index (χ1v) is 7.17. The van der Waals surface area contributed by atoms with E-state index in [0.717, 1.165) is 12.2 Å². The Kier molecular flexibility index (Phi) is 2.49. The standard InChI is InChI=1S/C14H25BO2/c1-9(2)8-15-16-12-7-10-6-11(13(10,3)4)14(12,5)17-15/h9-12H,6-8H2,1-5H3/t10-,11+,12-,14+/m1/s1. The molecule has 0 N–H and O–H groups in total. The van der Waals surface area contributed by atoms with Crippen LogP contribution in [0.15, 0.2) is 0 Å². The average molecular weight is 236 g/mol. The molecule has 4 fully saturated rings. The van der Waals surface area contributed by atoms with Crippen LogP contribution in [0.25, 0.3) is 0 Å². The number of rotatable bonds is 2. The van der Waals surface area contributed by atoms with Crippen LogP contribution in [0.5, 0.6) is 0 Å². The van der Waals surface area contributed by atoms with Crippen LogP contribution in [-0.2, 0) is 9.31 Å². The van der Waals surface area contributed by atoms with Gasteiger partial charge in [0.1, 0.15) is 0 Å². The maximum Gasteiger partial charge on any atom is 0.457 e. The minimum absolute atomic E-state index is 0.0161. The molecule has 4 atom stereocenters. The molecule has 3 saturated carbocycles. The zero-order chi connectivity index (χ0) is 12.4. The second-order valence-corrected chi connectivity index (χ2v) is 7.53. The van der Waals surface area contributed by atoms with Gasteiger partial charge in [-0.15, -0.1) is 0 Å². The highest BCUT2D eigenvalue weighted by Crippen LogP contribution is 2.65. The van der Waals surface area contributed by atoms with E-state index in [9.17, 15) is 0 Å². The molecule has 1 saturated heterocycles. The van der Waals surface area contributed by atoms with Crippen molar-refractivity contribution in [2.75, 3.05) is 0 Å². The number of hydrogen-bond donors (Lipinski definition) is 0. The molecule has 4 aliphatic rings. The van der Waals surface area contributed by atoms with E-state index in [1.807, 2.05) is 0 Å². The third-order valence-electron chi connectivity index (χ3n) is 5.67. The molecular weight excluding hydrogens is 211 g/mol. The van der Waals surface area contributed by atoms with E-state index < -0.39 is 0 Å². The van der Waals surface area contributed by atoms with Crippen molar-refractivity contribution in [1.29, 1.82) is 0 Å². The molecule has 1 heterocycles. The van der Waals surface area contributed by atoms with Crippen molar-refractivity contribution in [1.82, 2.24) is 0 Å². The smallest absolute Gasteiger partial charge is 0.405 e. The Morgan fingerprint density at radius 2 is 1.94 bits per heavy atom. The third kappa shape index (κ3) is 1.54. The lowest BCUT2D eigenvalue weighted by atomic mass is 9.43. The lowest BCUT2D eigenvalue weighted by Gasteiger charge is -2.64. The maximum atomic E-state index is 6.33. The molecule has 1 aliphatic heterocycles. The second kappa shape index (κ2) is 3.51. The molecule has 0 amide bonds. The first-order chi connectivity index (χ1) is 7.84. The highest BCUT2D eigenvalue weighted by molar-refractivity contribution is 6.45. The summed E-state index contributed by atoms with van der Waals surface area (Å²) in [5.74, 6) is 2.19. The Morgan fingerprint density at radius 1 is 1.24 bits per heavy atom. The molecule has 3 aliphatic carbocycles. The summed E-state index contributed by atoms with van der Waals surface area (Å²) in [7, 11) is 0.0418. The average Bonchev–Trinajstić information content (AvgIpc) is 2.51. The SMILES string of the molecule is CC(C)CB1O[C@@H]2C[C@H]3C[C@@H](C3(C)C)[C@]2(C)O1. The van der Waals surface area contributed by atoms with Gasteiger partial charge < -0.3 is 9.31 Å². The van der Waals surface area contributed by atoms with Crippen LogP contribution in [0.4, 0.5) is 0 Å². The first kappa shape index (κ1) is 12.0. The molecule has 96 valence electrons. The lowest BCUT2D eigenvalue weighted by Crippen LogP contribution is -2.65. The minimum Gasteiger partial charge on any atom is -0.405 e. The molecule has 0 unspecified atom stereocenters. The Hall–Kier alpha value is -0.0151. The van der Waals surface area contributed by atoms with Crippen LogP contribution in [0.2, 0.25) is 6.32 Å². The Morgan fingerprint density at radius 3 is 2.53 bits per heavy atom. The van der Waals surface area contributed by atoms with Crippen molar-refractivity contribution in [3.8, 4) is 0 Å². The van der Waals surface area contributed by atoms with E-state index in [1.54, 1.807) is 0 Å². The molecule has 0 aromatic carbocycles. The molecular formula is C14H25BO2. The molecule has 0 aromatic rings. The molecule has 2 nitrogen and oxygen atoms in total. The van der Waals surface area contributed by atoms with Crippen LogP contribution in [-0.4, -0.2) is 18.8 Å². The molecule has 0 aromatic heterocycles. The van der Waals surface area contributed by atoms with E-state index in [4.69, 9.17) is 9.31 Å². The summed E-state index contributed by atoms with van der Waals surface area (Å²) in [5, 5.41) is 0. The van der Waals surface area contributed by atoms with Crippen LogP contribution >= 0.6 is 0 Å². The molecule has 0 radical (unpaired) electrons. The summed E-state index contributed by atoms with van der Waals surface area (Å²) < 4.78 is 12.5. The van der Waals surface area contributed by atoms with Crippen LogP contribution < -0.4 is 0 Å². The topological polar surface area (TPSA) is 18.5 Å². The molecule has 3 heteroatoms. The van der Waals surface area contributed by atoms with Gasteiger partial charge in [0.05, 0.1) is 11.7 Å². The Bertz CT molecular complexity index is 328. The fraction of sp³-hybridized carbons (Fsp3) is 1.00. The Labute approximate surface area is 106 Å². The second-order valence-electron chi connectivity index (χ2n) is 7.53. The van der Waals surface area contributed by atoms with Gasteiger partial charge in [-0.1, -0.05) is 27.7 Å². The highest BCUT2D eigenvalue weighted by Gasteiger charge is 2.67. The van der Waals surface area contributed by atoms with Crippen LogP contribution in [0.1, 0.15) is 47.5 Å². The predicted molar refractivity (Wildman–Crippen MR) is 69.8 cm³/mol. The van der Waals surface area contributed by atoms with Gasteiger partial charge in [0.15, 0.2) is 0 Å². The zero-order valence-electron chi connectivity index (χ0n) is 11.8. The molecule has 2 bridgehead atoms. The summed E-state index contributed by atoms with van der Waals surface area (Å²) in [6.45, 7) is 11.6. The van der Waals surface area contributed by atoms with Crippen molar-refractivity contribution in [2.45, 2.75) is 65.5 Å². The summed E-state index contributed by atoms with van der Waals surface area (Å²) in [6, 6.07) is 0. The van der Waals surface area contributed by atoms with E-state index in [1.165, 1.54) is 12.8 Å². The monoisotopic (exact) mass is 236 g/mol. The van der Waals surface area contributed by atoms with Crippen LogP contribution in [0, 0.1) is 23.2 Å². The van der Waals surface area contributed by atoms with E-state index >= 15 is 0 Å². The van der Waals surface area contributed by atoms with Gasteiger partial charge in [-0.25, -0.2) is 0 Å². The zero-order valence-corrected chi connectivity index (χ0v) is 11.8. The van der Waals surface area contributed by atoms with Gasteiger partial charge in [-0.05, 0) is 49.3 Å². The van der Waals surface area contributed by atoms with Crippen molar-refractivity contribution in [3.63, 3.8) is 0 Å².